The summed E-state index contributed by atoms with van der Waals surface area (Å²) in [6, 6.07) is 0. The maximum atomic E-state index is 13.0. The largest absolute Gasteiger partial charge is 0.460 e. The maximum absolute atomic E-state index is 13.0. The van der Waals surface area contributed by atoms with E-state index in [1.165, 1.54) is 0 Å². The smallest absolute Gasteiger partial charge is 0.286 e. The monoisotopic (exact) mass is 429 g/mol. The molecule has 0 aliphatic carbocycles. The topological polar surface area (TPSA) is 54.4 Å². The molecule has 0 saturated heterocycles. The molecule has 0 radical (unpaired) electrons. The maximum Gasteiger partial charge on any atom is 0.460 e. The fourth-order valence-corrected chi connectivity index (χ4v) is 1.73. The normalized spacial score (nSPS) is 16.2. The minimum Gasteiger partial charge on any atom is -0.286 e. The van der Waals surface area contributed by atoms with Crippen LogP contribution >= 0.6 is 0 Å². The molecule has 0 bridgehead atoms. The third-order valence-electron chi connectivity index (χ3n) is 2.67. The van der Waals surface area contributed by atoms with Crippen LogP contribution in [-0.4, -0.2) is 54.5 Å². The van der Waals surface area contributed by atoms with E-state index < -0.39 is 58.1 Å². The highest BCUT2D eigenvalue weighted by molar-refractivity contribution is 7.85. The van der Waals surface area contributed by atoms with Crippen molar-refractivity contribution in [1.29, 1.82) is 0 Å². The van der Waals surface area contributed by atoms with Gasteiger partial charge in [-0.1, -0.05) is 0 Å². The Balaban J connectivity index is 6.11. The van der Waals surface area contributed by atoms with Crippen LogP contribution in [0.3, 0.4) is 0 Å². The van der Waals surface area contributed by atoms with Crippen molar-refractivity contribution in [2.75, 3.05) is 5.75 Å². The molecule has 0 amide bonds. The average Bonchev–Trinajstić information content (AvgIpc) is 2.33. The quantitative estimate of drug-likeness (QED) is 0.378. The van der Waals surface area contributed by atoms with Gasteiger partial charge in [-0.05, 0) is 0 Å². The van der Waals surface area contributed by atoms with Crippen molar-refractivity contribution >= 4 is 10.1 Å². The predicted molar refractivity (Wildman–Crippen MR) is 51.8 cm³/mol. The van der Waals surface area contributed by atoms with Crippen LogP contribution in [0.15, 0.2) is 0 Å². The first-order valence-corrected chi connectivity index (χ1v) is 6.97. The van der Waals surface area contributed by atoms with Gasteiger partial charge < -0.3 is 0 Å². The van der Waals surface area contributed by atoms with Gasteiger partial charge in [0.2, 0.25) is 0 Å². The lowest BCUT2D eigenvalue weighted by atomic mass is 9.94. The number of alkyl halides is 13. The molecule has 17 heteroatoms. The summed E-state index contributed by atoms with van der Waals surface area (Å²) in [7, 11) is -5.52. The molecule has 0 atom stereocenters. The van der Waals surface area contributed by atoms with E-state index >= 15 is 0 Å². The molecule has 0 heterocycles. The lowest BCUT2D eigenvalue weighted by molar-refractivity contribution is -0.439. The Bertz CT molecular complexity index is 591. The number of hydrogen-bond acceptors (Lipinski definition) is 2. The van der Waals surface area contributed by atoms with E-state index in [1.807, 2.05) is 0 Å². The number of halogens is 13. The van der Waals surface area contributed by atoms with E-state index in [-0.39, 0.29) is 0 Å². The Hall–Kier alpha value is -1.00. The minimum absolute atomic E-state index is 2.41. The van der Waals surface area contributed by atoms with Crippen molar-refractivity contribution in [1.82, 2.24) is 0 Å². The molecule has 0 fully saturated rings. The summed E-state index contributed by atoms with van der Waals surface area (Å²) < 4.78 is 192. The summed E-state index contributed by atoms with van der Waals surface area (Å²) in [6.45, 7) is 0. The summed E-state index contributed by atoms with van der Waals surface area (Å²) in [6.07, 6.45) is -10.5. The first-order valence-electron chi connectivity index (χ1n) is 5.36. The van der Waals surface area contributed by atoms with E-state index in [1.54, 1.807) is 0 Å². The first-order chi connectivity index (χ1) is 10.5. The third kappa shape index (κ3) is 3.90. The summed E-state index contributed by atoms with van der Waals surface area (Å²) >= 11 is 0. The van der Waals surface area contributed by atoms with E-state index in [0.29, 0.717) is 0 Å². The van der Waals surface area contributed by atoms with Crippen LogP contribution in [0.1, 0.15) is 6.42 Å². The molecule has 0 aromatic carbocycles. The van der Waals surface area contributed by atoms with Crippen LogP contribution in [0.25, 0.3) is 0 Å². The van der Waals surface area contributed by atoms with Gasteiger partial charge in [-0.3, -0.25) is 4.55 Å². The van der Waals surface area contributed by atoms with Crippen LogP contribution < -0.4 is 0 Å². The van der Waals surface area contributed by atoms with Crippen molar-refractivity contribution < 1.29 is 70.0 Å². The number of rotatable bonds is 7. The molecule has 0 spiro atoms. The lowest BCUT2D eigenvalue weighted by Crippen LogP contribution is -2.70. The van der Waals surface area contributed by atoms with Crippen LogP contribution in [0.2, 0.25) is 0 Å². The van der Waals surface area contributed by atoms with Gasteiger partial charge in [0.1, 0.15) is 0 Å². The summed E-state index contributed by atoms with van der Waals surface area (Å²) in [5, 5.41) is 0. The molecule has 3 nitrogen and oxygen atoms in total. The average molecular weight is 429 g/mol. The molecule has 0 saturated carbocycles. The minimum atomic E-state index is -8.04. The molecule has 0 aromatic rings. The molecule has 25 heavy (non-hydrogen) atoms. The molecule has 0 aromatic heterocycles. The zero-order valence-corrected chi connectivity index (χ0v) is 11.8. The summed E-state index contributed by atoms with van der Waals surface area (Å²) in [5.74, 6) is -40.3. The molecule has 0 aliphatic heterocycles. The Morgan fingerprint density at radius 1 is 0.600 bits per heavy atom. The fourth-order valence-electron chi connectivity index (χ4n) is 1.22. The van der Waals surface area contributed by atoms with Crippen molar-refractivity contribution in [2.45, 2.75) is 42.2 Å². The van der Waals surface area contributed by atoms with Gasteiger partial charge in [0.25, 0.3) is 10.1 Å². The second-order valence-electron chi connectivity index (χ2n) is 4.54. The lowest BCUT2D eigenvalue weighted by Gasteiger charge is -2.39. The van der Waals surface area contributed by atoms with Gasteiger partial charge in [-0.15, -0.1) is 0 Å². The van der Waals surface area contributed by atoms with Crippen molar-refractivity contribution in [3.8, 4) is 0 Å². The molecule has 0 rings (SSSR count). The Labute approximate surface area is 129 Å². The summed E-state index contributed by atoms with van der Waals surface area (Å²) in [5.41, 5.74) is 0. The van der Waals surface area contributed by atoms with Gasteiger partial charge in [0.15, 0.2) is 0 Å². The Morgan fingerprint density at radius 2 is 0.920 bits per heavy atom. The molecule has 0 unspecified atom stereocenters. The highest BCUT2D eigenvalue weighted by atomic mass is 32.2. The Morgan fingerprint density at radius 3 is 1.20 bits per heavy atom. The standard InChI is InChI=1S/C8H5F13O3S/c9-3(10,1-2-25(22,23)24)4(11,12)5(13,14)6(15,16)7(17,18)8(19,20)21/h1-2H2,(H,22,23,24)/i2+1. The number of hydrogen-bond donors (Lipinski definition) is 1. The van der Waals surface area contributed by atoms with Gasteiger partial charge in [-0.25, -0.2) is 0 Å². The summed E-state index contributed by atoms with van der Waals surface area (Å²) in [4.78, 5) is 0. The SMILES string of the molecule is O=S(=O)(O)[13CH2]CC(F)(F)C(F)(F)C(F)(F)C(F)(F)C(F)(F)C(F)(F)F. The van der Waals surface area contributed by atoms with E-state index in [0.717, 1.165) is 0 Å². The van der Waals surface area contributed by atoms with Gasteiger partial charge in [-0.2, -0.15) is 65.5 Å². The van der Waals surface area contributed by atoms with Crippen molar-refractivity contribution in [3.63, 3.8) is 0 Å². The highest BCUT2D eigenvalue weighted by Gasteiger charge is 2.90. The second kappa shape index (κ2) is 6.02. The second-order valence-corrected chi connectivity index (χ2v) is 6.11. The zero-order valence-electron chi connectivity index (χ0n) is 11.0. The predicted octanol–water partition coefficient (Wildman–Crippen LogP) is 4.00. The van der Waals surface area contributed by atoms with E-state index in [9.17, 15) is 65.5 Å². The van der Waals surface area contributed by atoms with Crippen molar-refractivity contribution in [2.24, 2.45) is 0 Å². The van der Waals surface area contributed by atoms with Crippen LogP contribution in [0, 0.1) is 0 Å². The van der Waals surface area contributed by atoms with Gasteiger partial charge >= 0.3 is 35.8 Å². The van der Waals surface area contributed by atoms with Crippen LogP contribution in [0.4, 0.5) is 57.1 Å². The van der Waals surface area contributed by atoms with Gasteiger partial charge in [0, 0.05) is 6.42 Å². The molecular weight excluding hydrogens is 424 g/mol. The molecule has 0 aliphatic rings. The first kappa shape index (κ1) is 24.0. The molecule has 152 valence electrons. The van der Waals surface area contributed by atoms with E-state index in [4.69, 9.17) is 4.55 Å². The highest BCUT2D eigenvalue weighted by Crippen LogP contribution is 2.60. The Kier molecular flexibility index (Phi) is 5.78. The van der Waals surface area contributed by atoms with Crippen LogP contribution in [-0.2, 0) is 10.1 Å². The molecule has 1 N–H and O–H groups in total. The zero-order chi connectivity index (χ0) is 20.9. The van der Waals surface area contributed by atoms with Crippen molar-refractivity contribution in [3.05, 3.63) is 0 Å². The fraction of sp³-hybridized carbons (Fsp3) is 1.00. The van der Waals surface area contributed by atoms with Crippen LogP contribution in [0.5, 0.6) is 0 Å². The third-order valence-corrected chi connectivity index (χ3v) is 3.39. The van der Waals surface area contributed by atoms with Gasteiger partial charge in [0.05, 0.1) is 5.75 Å². The van der Waals surface area contributed by atoms with E-state index in [2.05, 4.69) is 0 Å². The molecular formula is C8H5F13O3S.